The van der Waals surface area contributed by atoms with E-state index in [0.29, 0.717) is 5.56 Å². The summed E-state index contributed by atoms with van der Waals surface area (Å²) in [6.07, 6.45) is 0.749. The van der Waals surface area contributed by atoms with Gasteiger partial charge in [-0.3, -0.25) is 4.79 Å². The normalized spacial score (nSPS) is 11.6. The van der Waals surface area contributed by atoms with Crippen LogP contribution < -0.4 is 5.32 Å². The van der Waals surface area contributed by atoms with Crippen LogP contribution in [-0.2, 0) is 9.53 Å². The fourth-order valence-electron chi connectivity index (χ4n) is 2.34. The molecule has 0 aliphatic heterocycles. The molecule has 1 N–H and O–H groups in total. The van der Waals surface area contributed by atoms with Crippen LogP contribution in [0.25, 0.3) is 0 Å². The van der Waals surface area contributed by atoms with E-state index in [1.54, 1.807) is 18.2 Å². The zero-order chi connectivity index (χ0) is 17.5. The molecule has 2 aromatic rings. The molecule has 1 atom stereocenters. The minimum Gasteiger partial charge on any atom is -0.452 e. The highest BCUT2D eigenvalue weighted by Crippen LogP contribution is 2.19. The first-order valence-electron chi connectivity index (χ1n) is 7.78. The summed E-state index contributed by atoms with van der Waals surface area (Å²) in [4.78, 5) is 24.0. The molecule has 0 saturated heterocycles. The van der Waals surface area contributed by atoms with Crippen LogP contribution in [0.4, 0.5) is 0 Å². The van der Waals surface area contributed by atoms with Crippen molar-refractivity contribution in [1.29, 1.82) is 0 Å². The molecule has 0 saturated carbocycles. The van der Waals surface area contributed by atoms with E-state index in [1.807, 2.05) is 44.2 Å². The highest BCUT2D eigenvalue weighted by Gasteiger charge is 2.15. The molecule has 1 amide bonds. The van der Waals surface area contributed by atoms with Gasteiger partial charge in [-0.25, -0.2) is 4.79 Å². The molecule has 126 valence electrons. The molecule has 2 aromatic carbocycles. The fraction of sp³-hybridized carbons (Fsp3) is 0.263. The Bertz CT molecular complexity index is 713. The van der Waals surface area contributed by atoms with Gasteiger partial charge in [0.1, 0.15) is 0 Å². The van der Waals surface area contributed by atoms with Crippen molar-refractivity contribution in [2.45, 2.75) is 26.3 Å². The predicted molar refractivity (Wildman–Crippen MR) is 96.8 cm³/mol. The highest BCUT2D eigenvalue weighted by atomic mass is 79.9. The lowest BCUT2D eigenvalue weighted by Crippen LogP contribution is -2.32. The Morgan fingerprint density at radius 2 is 1.88 bits per heavy atom. The molecular weight excluding hydrogens is 370 g/mol. The monoisotopic (exact) mass is 389 g/mol. The van der Waals surface area contributed by atoms with Gasteiger partial charge in [-0.05, 0) is 43.2 Å². The molecule has 4 nitrogen and oxygen atoms in total. The van der Waals surface area contributed by atoms with E-state index < -0.39 is 5.97 Å². The maximum absolute atomic E-state index is 12.1. The topological polar surface area (TPSA) is 55.4 Å². The van der Waals surface area contributed by atoms with E-state index in [9.17, 15) is 9.59 Å². The summed E-state index contributed by atoms with van der Waals surface area (Å²) in [5.74, 6) is -0.809. The molecule has 0 bridgehead atoms. The summed E-state index contributed by atoms with van der Waals surface area (Å²) in [7, 11) is 0. The molecule has 0 aliphatic rings. The van der Waals surface area contributed by atoms with Crippen LogP contribution in [0.5, 0.6) is 0 Å². The third-order valence-corrected chi connectivity index (χ3v) is 4.13. The van der Waals surface area contributed by atoms with E-state index >= 15 is 0 Å². The number of aryl methyl sites for hydroxylation is 1. The summed E-state index contributed by atoms with van der Waals surface area (Å²) in [6, 6.07) is 14.8. The maximum Gasteiger partial charge on any atom is 0.338 e. The van der Waals surface area contributed by atoms with Gasteiger partial charge in [0.05, 0.1) is 11.6 Å². The average Bonchev–Trinajstić information content (AvgIpc) is 2.58. The van der Waals surface area contributed by atoms with Crippen molar-refractivity contribution in [2.24, 2.45) is 0 Å². The Morgan fingerprint density at radius 3 is 2.50 bits per heavy atom. The summed E-state index contributed by atoms with van der Waals surface area (Å²) in [6.45, 7) is 3.60. The first-order chi connectivity index (χ1) is 11.5. The zero-order valence-electron chi connectivity index (χ0n) is 13.7. The van der Waals surface area contributed by atoms with Crippen LogP contribution >= 0.6 is 15.9 Å². The Morgan fingerprint density at radius 1 is 1.17 bits per heavy atom. The van der Waals surface area contributed by atoms with Crippen LogP contribution in [0.2, 0.25) is 0 Å². The third-order valence-electron chi connectivity index (χ3n) is 3.60. The van der Waals surface area contributed by atoms with E-state index in [2.05, 4.69) is 21.2 Å². The molecule has 0 aliphatic carbocycles. The lowest BCUT2D eigenvalue weighted by atomic mass is 10.0. The van der Waals surface area contributed by atoms with Crippen molar-refractivity contribution in [3.8, 4) is 0 Å². The number of carbonyl (C=O) groups excluding carboxylic acids is 2. The number of benzene rings is 2. The Kier molecular flexibility index (Phi) is 6.55. The first-order valence-corrected chi connectivity index (χ1v) is 8.57. The number of carbonyl (C=O) groups is 2. The molecule has 2 rings (SSSR count). The second-order valence-electron chi connectivity index (χ2n) is 5.53. The molecule has 0 fully saturated rings. The SMILES string of the molecule is CC[C@H](NC(=O)COC(=O)c1cccc(C)c1)c1ccc(Br)cc1. The van der Waals surface area contributed by atoms with Crippen molar-refractivity contribution in [2.75, 3.05) is 6.61 Å². The molecule has 0 radical (unpaired) electrons. The van der Waals surface area contributed by atoms with Crippen LogP contribution in [0.1, 0.15) is 40.9 Å². The number of ether oxygens (including phenoxy) is 1. The number of hydrogen-bond donors (Lipinski definition) is 1. The van der Waals surface area contributed by atoms with Gasteiger partial charge in [-0.15, -0.1) is 0 Å². The minimum absolute atomic E-state index is 0.108. The van der Waals surface area contributed by atoms with Gasteiger partial charge in [0.2, 0.25) is 0 Å². The number of esters is 1. The van der Waals surface area contributed by atoms with Gasteiger partial charge in [0, 0.05) is 4.47 Å². The second kappa shape index (κ2) is 8.64. The number of halogens is 1. The third kappa shape index (κ3) is 5.20. The number of rotatable bonds is 6. The van der Waals surface area contributed by atoms with Crippen LogP contribution in [0.3, 0.4) is 0 Å². The average molecular weight is 390 g/mol. The Balaban J connectivity index is 1.89. The molecule has 24 heavy (non-hydrogen) atoms. The summed E-state index contributed by atoms with van der Waals surface area (Å²) in [5, 5.41) is 2.89. The van der Waals surface area contributed by atoms with E-state index in [0.717, 1.165) is 22.0 Å². The molecule has 0 spiro atoms. The molecule has 0 heterocycles. The van der Waals surface area contributed by atoms with Gasteiger partial charge in [-0.2, -0.15) is 0 Å². The van der Waals surface area contributed by atoms with Crippen molar-refractivity contribution in [3.63, 3.8) is 0 Å². The van der Waals surface area contributed by atoms with Gasteiger partial charge < -0.3 is 10.1 Å². The van der Waals surface area contributed by atoms with Crippen LogP contribution in [-0.4, -0.2) is 18.5 Å². The largest absolute Gasteiger partial charge is 0.452 e. The van der Waals surface area contributed by atoms with E-state index in [4.69, 9.17) is 4.74 Å². The first kappa shape index (κ1) is 18.2. The molecule has 0 unspecified atom stereocenters. The lowest BCUT2D eigenvalue weighted by molar-refractivity contribution is -0.125. The standard InChI is InChI=1S/C19H20BrNO3/c1-3-17(14-7-9-16(20)10-8-14)21-18(22)12-24-19(23)15-6-4-5-13(2)11-15/h4-11,17H,3,12H2,1-2H3,(H,21,22)/t17-/m0/s1. The molecule has 0 aromatic heterocycles. The van der Waals surface area contributed by atoms with Gasteiger partial charge in [-0.1, -0.05) is 52.7 Å². The summed E-state index contributed by atoms with van der Waals surface area (Å²) < 4.78 is 6.07. The summed E-state index contributed by atoms with van der Waals surface area (Å²) in [5.41, 5.74) is 2.43. The van der Waals surface area contributed by atoms with E-state index in [1.165, 1.54) is 0 Å². The van der Waals surface area contributed by atoms with Crippen molar-refractivity contribution < 1.29 is 14.3 Å². The number of nitrogens with one attached hydrogen (secondary N) is 1. The number of amides is 1. The maximum atomic E-state index is 12.1. The Hall–Kier alpha value is -2.14. The Labute approximate surface area is 150 Å². The molecular formula is C19H20BrNO3. The van der Waals surface area contributed by atoms with Crippen LogP contribution in [0.15, 0.2) is 53.0 Å². The quantitative estimate of drug-likeness (QED) is 0.753. The van der Waals surface area contributed by atoms with Crippen molar-refractivity contribution in [1.82, 2.24) is 5.32 Å². The highest BCUT2D eigenvalue weighted by molar-refractivity contribution is 9.10. The van der Waals surface area contributed by atoms with E-state index in [-0.39, 0.29) is 18.6 Å². The number of hydrogen-bond acceptors (Lipinski definition) is 3. The minimum atomic E-state index is -0.495. The fourth-order valence-corrected chi connectivity index (χ4v) is 2.60. The smallest absolute Gasteiger partial charge is 0.338 e. The lowest BCUT2D eigenvalue weighted by Gasteiger charge is -2.17. The zero-order valence-corrected chi connectivity index (χ0v) is 15.3. The van der Waals surface area contributed by atoms with Gasteiger partial charge >= 0.3 is 5.97 Å². The van der Waals surface area contributed by atoms with Crippen LogP contribution in [0, 0.1) is 6.92 Å². The van der Waals surface area contributed by atoms with Gasteiger partial charge in [0.15, 0.2) is 6.61 Å². The molecule has 5 heteroatoms. The van der Waals surface area contributed by atoms with Crippen molar-refractivity contribution in [3.05, 3.63) is 69.7 Å². The van der Waals surface area contributed by atoms with Crippen molar-refractivity contribution >= 4 is 27.8 Å². The second-order valence-corrected chi connectivity index (χ2v) is 6.44. The predicted octanol–water partition coefficient (Wildman–Crippen LogP) is 4.18. The van der Waals surface area contributed by atoms with Gasteiger partial charge in [0.25, 0.3) is 5.91 Å². The summed E-state index contributed by atoms with van der Waals surface area (Å²) >= 11 is 3.39.